The largest absolute Gasteiger partial charge is 0.508 e. The normalized spacial score (nSPS) is 16.6. The van der Waals surface area contributed by atoms with E-state index in [1.165, 1.54) is 0 Å². The fraction of sp³-hybridized carbons (Fsp3) is 0.533. The van der Waals surface area contributed by atoms with Crippen LogP contribution in [0.5, 0.6) is 5.75 Å². The number of hydrogen-bond acceptors (Lipinski definition) is 3. The lowest BCUT2D eigenvalue weighted by Crippen LogP contribution is -2.51. The summed E-state index contributed by atoms with van der Waals surface area (Å²) in [5, 5.41) is 9.29. The van der Waals surface area contributed by atoms with Crippen molar-refractivity contribution < 1.29 is 9.90 Å². The molecule has 0 aliphatic carbocycles. The maximum absolute atomic E-state index is 12.2. The van der Waals surface area contributed by atoms with Crippen LogP contribution in [-0.2, 0) is 4.79 Å². The number of nitrogens with zero attached hydrogens (tertiary/aromatic N) is 2. The van der Waals surface area contributed by atoms with Gasteiger partial charge in [0.15, 0.2) is 0 Å². The Morgan fingerprint density at radius 1 is 1.05 bits per heavy atom. The van der Waals surface area contributed by atoms with Crippen LogP contribution in [0, 0.1) is 5.41 Å². The standard InChI is InChI=1S/C15H22N2O2/c1-15(2,3)14(19)17-10-8-16(9-11-17)12-4-6-13(18)7-5-12/h4-7,18H,8-11H2,1-3H3. The van der Waals surface area contributed by atoms with E-state index in [0.29, 0.717) is 0 Å². The summed E-state index contributed by atoms with van der Waals surface area (Å²) < 4.78 is 0. The molecule has 1 amide bonds. The van der Waals surface area contributed by atoms with Gasteiger partial charge in [0.25, 0.3) is 0 Å². The Hall–Kier alpha value is -1.71. The number of amides is 1. The average Bonchev–Trinajstić information content (AvgIpc) is 2.38. The van der Waals surface area contributed by atoms with Crippen LogP contribution in [0.1, 0.15) is 20.8 Å². The van der Waals surface area contributed by atoms with Crippen molar-refractivity contribution in [3.63, 3.8) is 0 Å². The second-order valence-electron chi connectivity index (χ2n) is 6.05. The highest BCUT2D eigenvalue weighted by atomic mass is 16.3. The van der Waals surface area contributed by atoms with Crippen LogP contribution in [0.3, 0.4) is 0 Å². The first-order valence-electron chi connectivity index (χ1n) is 6.71. The van der Waals surface area contributed by atoms with Crippen LogP contribution >= 0.6 is 0 Å². The smallest absolute Gasteiger partial charge is 0.228 e. The molecule has 1 aliphatic heterocycles. The highest BCUT2D eigenvalue weighted by Gasteiger charge is 2.29. The highest BCUT2D eigenvalue weighted by molar-refractivity contribution is 5.81. The molecular weight excluding hydrogens is 240 g/mol. The van der Waals surface area contributed by atoms with Gasteiger partial charge in [-0.25, -0.2) is 0 Å². The van der Waals surface area contributed by atoms with E-state index in [-0.39, 0.29) is 17.1 Å². The van der Waals surface area contributed by atoms with Gasteiger partial charge in [-0.2, -0.15) is 0 Å². The fourth-order valence-corrected chi connectivity index (χ4v) is 2.31. The maximum atomic E-state index is 12.2. The van der Waals surface area contributed by atoms with E-state index >= 15 is 0 Å². The number of benzene rings is 1. The summed E-state index contributed by atoms with van der Waals surface area (Å²) >= 11 is 0. The first kappa shape index (κ1) is 13.7. The van der Waals surface area contributed by atoms with Crippen LogP contribution < -0.4 is 4.90 Å². The molecule has 0 aromatic heterocycles. The van der Waals surface area contributed by atoms with Gasteiger partial charge in [-0.15, -0.1) is 0 Å². The zero-order valence-corrected chi connectivity index (χ0v) is 11.9. The molecule has 1 saturated heterocycles. The maximum Gasteiger partial charge on any atom is 0.228 e. The van der Waals surface area contributed by atoms with Gasteiger partial charge >= 0.3 is 0 Å². The van der Waals surface area contributed by atoms with Crippen molar-refractivity contribution in [3.05, 3.63) is 24.3 Å². The monoisotopic (exact) mass is 262 g/mol. The number of phenolic OH excluding ortho intramolecular Hbond substituents is 1. The number of aromatic hydroxyl groups is 1. The van der Waals surface area contributed by atoms with Gasteiger partial charge in [0.1, 0.15) is 5.75 Å². The summed E-state index contributed by atoms with van der Waals surface area (Å²) in [6.07, 6.45) is 0. The minimum absolute atomic E-state index is 0.220. The van der Waals surface area contributed by atoms with Crippen molar-refractivity contribution in [2.45, 2.75) is 20.8 Å². The molecule has 1 N–H and O–H groups in total. The molecular formula is C15H22N2O2. The zero-order chi connectivity index (χ0) is 14.0. The number of hydrogen-bond donors (Lipinski definition) is 1. The molecule has 2 rings (SSSR count). The molecule has 1 aromatic carbocycles. The van der Waals surface area contributed by atoms with Crippen molar-refractivity contribution in [1.29, 1.82) is 0 Å². The van der Waals surface area contributed by atoms with Crippen molar-refractivity contribution in [3.8, 4) is 5.75 Å². The van der Waals surface area contributed by atoms with Gasteiger partial charge in [-0.3, -0.25) is 4.79 Å². The molecule has 19 heavy (non-hydrogen) atoms. The van der Waals surface area contributed by atoms with Gasteiger partial charge in [-0.1, -0.05) is 20.8 Å². The molecule has 0 radical (unpaired) electrons. The van der Waals surface area contributed by atoms with Crippen molar-refractivity contribution >= 4 is 11.6 Å². The summed E-state index contributed by atoms with van der Waals surface area (Å²) in [4.78, 5) is 16.4. The molecule has 1 fully saturated rings. The first-order valence-corrected chi connectivity index (χ1v) is 6.71. The van der Waals surface area contributed by atoms with Gasteiger partial charge in [0, 0.05) is 37.3 Å². The number of carbonyl (C=O) groups is 1. The molecule has 0 saturated carbocycles. The van der Waals surface area contributed by atoms with E-state index in [1.54, 1.807) is 12.1 Å². The Morgan fingerprint density at radius 2 is 1.58 bits per heavy atom. The van der Waals surface area contributed by atoms with E-state index < -0.39 is 0 Å². The predicted octanol–water partition coefficient (Wildman–Crippen LogP) is 2.09. The van der Waals surface area contributed by atoms with Gasteiger partial charge in [0.05, 0.1) is 0 Å². The average molecular weight is 262 g/mol. The second-order valence-corrected chi connectivity index (χ2v) is 6.05. The Kier molecular flexibility index (Phi) is 3.69. The van der Waals surface area contributed by atoms with Crippen LogP contribution in [-0.4, -0.2) is 42.1 Å². The van der Waals surface area contributed by atoms with Gasteiger partial charge in [-0.05, 0) is 24.3 Å². The lowest BCUT2D eigenvalue weighted by Gasteiger charge is -2.38. The van der Waals surface area contributed by atoms with Crippen LogP contribution in [0.2, 0.25) is 0 Å². The Labute approximate surface area is 114 Å². The minimum atomic E-state index is -0.305. The van der Waals surface area contributed by atoms with Crippen LogP contribution in [0.4, 0.5) is 5.69 Å². The first-order chi connectivity index (χ1) is 8.88. The van der Waals surface area contributed by atoms with E-state index in [2.05, 4.69) is 4.90 Å². The summed E-state index contributed by atoms with van der Waals surface area (Å²) in [7, 11) is 0. The number of carbonyl (C=O) groups excluding carboxylic acids is 1. The highest BCUT2D eigenvalue weighted by Crippen LogP contribution is 2.22. The zero-order valence-electron chi connectivity index (χ0n) is 11.9. The third kappa shape index (κ3) is 3.19. The van der Waals surface area contributed by atoms with Crippen molar-refractivity contribution in [2.24, 2.45) is 5.41 Å². The van der Waals surface area contributed by atoms with Crippen molar-refractivity contribution in [1.82, 2.24) is 4.90 Å². The lowest BCUT2D eigenvalue weighted by atomic mass is 9.94. The number of phenols is 1. The number of piperazine rings is 1. The molecule has 0 atom stereocenters. The molecule has 1 aliphatic rings. The van der Waals surface area contributed by atoms with E-state index in [0.717, 1.165) is 31.9 Å². The van der Waals surface area contributed by atoms with Gasteiger partial charge < -0.3 is 14.9 Å². The fourth-order valence-electron chi connectivity index (χ4n) is 2.31. The summed E-state index contributed by atoms with van der Waals surface area (Å²) in [6.45, 7) is 9.08. The molecule has 1 aromatic rings. The minimum Gasteiger partial charge on any atom is -0.508 e. The molecule has 1 heterocycles. The Bertz CT molecular complexity index is 440. The van der Waals surface area contributed by atoms with Crippen LogP contribution in [0.25, 0.3) is 0 Å². The summed E-state index contributed by atoms with van der Waals surface area (Å²) in [5.74, 6) is 0.503. The SMILES string of the molecule is CC(C)(C)C(=O)N1CCN(c2ccc(O)cc2)CC1. The second kappa shape index (κ2) is 5.11. The number of anilines is 1. The summed E-state index contributed by atoms with van der Waals surface area (Å²) in [5.41, 5.74) is 0.793. The van der Waals surface area contributed by atoms with E-state index in [9.17, 15) is 9.90 Å². The Balaban J connectivity index is 1.96. The van der Waals surface area contributed by atoms with E-state index in [4.69, 9.17) is 0 Å². The third-order valence-electron chi connectivity index (χ3n) is 3.42. The molecule has 0 bridgehead atoms. The van der Waals surface area contributed by atoms with Crippen molar-refractivity contribution in [2.75, 3.05) is 31.1 Å². The lowest BCUT2D eigenvalue weighted by molar-refractivity contribution is -0.139. The number of rotatable bonds is 1. The molecule has 4 nitrogen and oxygen atoms in total. The molecule has 0 spiro atoms. The predicted molar refractivity (Wildman–Crippen MR) is 76.4 cm³/mol. The molecule has 104 valence electrons. The summed E-state index contributed by atoms with van der Waals surface area (Å²) in [6, 6.07) is 7.22. The molecule has 4 heteroatoms. The topological polar surface area (TPSA) is 43.8 Å². The van der Waals surface area contributed by atoms with E-state index in [1.807, 2.05) is 37.8 Å². The third-order valence-corrected chi connectivity index (χ3v) is 3.42. The van der Waals surface area contributed by atoms with Crippen LogP contribution in [0.15, 0.2) is 24.3 Å². The Morgan fingerprint density at radius 3 is 2.05 bits per heavy atom. The van der Waals surface area contributed by atoms with Gasteiger partial charge in [0.2, 0.25) is 5.91 Å². The molecule has 0 unspecified atom stereocenters. The quantitative estimate of drug-likeness (QED) is 0.842.